The third-order valence-corrected chi connectivity index (χ3v) is 4.64. The summed E-state index contributed by atoms with van der Waals surface area (Å²) in [6.07, 6.45) is -4.91. The minimum Gasteiger partial charge on any atom is -0.314 e. The van der Waals surface area contributed by atoms with Crippen LogP contribution in [-0.4, -0.2) is 63.0 Å². The molecule has 0 aromatic rings. The Morgan fingerprint density at radius 3 is 2.05 bits per heavy atom. The van der Waals surface area contributed by atoms with E-state index in [0.717, 1.165) is 15.7 Å². The molecule has 0 heterocycles. The Labute approximate surface area is 119 Å². The second-order valence-corrected chi connectivity index (χ2v) is 7.12. The van der Waals surface area contributed by atoms with Crippen molar-refractivity contribution in [2.75, 3.05) is 33.7 Å². The van der Waals surface area contributed by atoms with Crippen LogP contribution in [0.15, 0.2) is 0 Å². The van der Waals surface area contributed by atoms with Crippen LogP contribution < -0.4 is 5.32 Å². The Bertz CT molecular complexity index is 372. The molecule has 9 heteroatoms. The highest BCUT2D eigenvalue weighted by Gasteiger charge is 2.31. The fourth-order valence-electron chi connectivity index (χ4n) is 1.45. The molecule has 0 atom stereocenters. The van der Waals surface area contributed by atoms with Gasteiger partial charge in [0.2, 0.25) is 0 Å². The van der Waals surface area contributed by atoms with Crippen molar-refractivity contribution in [2.24, 2.45) is 0 Å². The van der Waals surface area contributed by atoms with E-state index in [0.29, 0.717) is 19.0 Å². The molecule has 5 nitrogen and oxygen atoms in total. The maximum atomic E-state index is 12.1. The molecule has 0 aliphatic carbocycles. The van der Waals surface area contributed by atoms with Gasteiger partial charge in [0.15, 0.2) is 0 Å². The summed E-state index contributed by atoms with van der Waals surface area (Å²) in [5.74, 6) is 0. The lowest BCUT2D eigenvalue weighted by atomic mass is 10.3. The van der Waals surface area contributed by atoms with Crippen LogP contribution in [0.5, 0.6) is 0 Å². The largest absolute Gasteiger partial charge is 0.390 e. The predicted molar refractivity (Wildman–Crippen MR) is 72.6 cm³/mol. The molecule has 0 aromatic heterocycles. The molecule has 1 N–H and O–H groups in total. The minimum atomic E-state index is -4.36. The van der Waals surface area contributed by atoms with Gasteiger partial charge in [-0.3, -0.25) is 0 Å². The van der Waals surface area contributed by atoms with E-state index < -0.39 is 29.4 Å². The summed E-state index contributed by atoms with van der Waals surface area (Å²) in [6, 6.07) is 0.311. The summed E-state index contributed by atoms with van der Waals surface area (Å²) in [6.45, 7) is 4.30. The zero-order valence-electron chi connectivity index (χ0n) is 12.4. The zero-order valence-corrected chi connectivity index (χ0v) is 13.2. The van der Waals surface area contributed by atoms with Gasteiger partial charge in [0.05, 0.1) is 6.42 Å². The quantitative estimate of drug-likeness (QED) is 0.654. The van der Waals surface area contributed by atoms with Crippen LogP contribution in [0.2, 0.25) is 0 Å². The molecule has 0 saturated carbocycles. The predicted octanol–water partition coefficient (Wildman–Crippen LogP) is 1.44. The lowest BCUT2D eigenvalue weighted by Crippen LogP contribution is -2.42. The Morgan fingerprint density at radius 2 is 1.60 bits per heavy atom. The molecule has 0 spiro atoms. The molecule has 0 radical (unpaired) electrons. The lowest BCUT2D eigenvalue weighted by Gasteiger charge is -2.24. The number of hydrogen-bond donors (Lipinski definition) is 1. The third kappa shape index (κ3) is 8.03. The second-order valence-electron chi connectivity index (χ2n) is 4.98. The molecule has 0 bridgehead atoms. The lowest BCUT2D eigenvalue weighted by molar-refractivity contribution is -0.135. The van der Waals surface area contributed by atoms with Crippen molar-refractivity contribution in [3.8, 4) is 0 Å². The summed E-state index contributed by atoms with van der Waals surface area (Å²) in [7, 11) is -1.30. The first kappa shape index (κ1) is 19.6. The number of hydrogen-bond acceptors (Lipinski definition) is 3. The summed E-state index contributed by atoms with van der Waals surface area (Å²) >= 11 is 0. The van der Waals surface area contributed by atoms with Gasteiger partial charge in [0.1, 0.15) is 0 Å². The first-order chi connectivity index (χ1) is 8.97. The molecular formula is C11H24F3N3O2S. The smallest absolute Gasteiger partial charge is 0.314 e. The Kier molecular flexibility index (Phi) is 8.00. The molecule has 0 aliphatic rings. The first-order valence-electron chi connectivity index (χ1n) is 6.44. The van der Waals surface area contributed by atoms with Crippen molar-refractivity contribution >= 4 is 10.2 Å². The van der Waals surface area contributed by atoms with Crippen molar-refractivity contribution < 1.29 is 21.6 Å². The van der Waals surface area contributed by atoms with E-state index in [1.807, 2.05) is 13.8 Å². The summed E-state index contributed by atoms with van der Waals surface area (Å²) in [4.78, 5) is 0. The Balaban J connectivity index is 4.26. The molecule has 0 aromatic carbocycles. The maximum absolute atomic E-state index is 12.1. The first-order valence-corrected chi connectivity index (χ1v) is 7.84. The number of halogens is 3. The molecule has 0 unspecified atom stereocenters. The molecular weight excluding hydrogens is 295 g/mol. The van der Waals surface area contributed by atoms with Gasteiger partial charge < -0.3 is 5.32 Å². The van der Waals surface area contributed by atoms with Crippen molar-refractivity contribution in [1.82, 2.24) is 13.9 Å². The highest BCUT2D eigenvalue weighted by molar-refractivity contribution is 7.86. The average Bonchev–Trinajstić information content (AvgIpc) is 2.29. The summed E-state index contributed by atoms with van der Waals surface area (Å²) < 4.78 is 61.9. The van der Waals surface area contributed by atoms with Gasteiger partial charge in [-0.2, -0.15) is 30.2 Å². The minimum absolute atomic E-state index is 0.262. The maximum Gasteiger partial charge on any atom is 0.390 e. The van der Waals surface area contributed by atoms with Gasteiger partial charge in [0.25, 0.3) is 10.2 Å². The van der Waals surface area contributed by atoms with E-state index >= 15 is 0 Å². The van der Waals surface area contributed by atoms with E-state index in [1.54, 1.807) is 0 Å². The third-order valence-electron chi connectivity index (χ3n) is 2.70. The fraction of sp³-hybridized carbons (Fsp3) is 1.00. The highest BCUT2D eigenvalue weighted by atomic mass is 32.2. The fourth-order valence-corrected chi connectivity index (χ4v) is 2.60. The average molecular weight is 319 g/mol. The van der Waals surface area contributed by atoms with E-state index in [-0.39, 0.29) is 6.54 Å². The van der Waals surface area contributed by atoms with Crippen LogP contribution in [0.25, 0.3) is 0 Å². The zero-order chi connectivity index (χ0) is 16.0. The summed E-state index contributed by atoms with van der Waals surface area (Å²) in [5, 5.41) is 3.14. The number of nitrogens with zero attached hydrogens (tertiary/aromatic N) is 2. The van der Waals surface area contributed by atoms with Crippen LogP contribution in [0, 0.1) is 0 Å². The number of rotatable bonds is 9. The highest BCUT2D eigenvalue weighted by Crippen LogP contribution is 2.20. The van der Waals surface area contributed by atoms with Crippen LogP contribution >= 0.6 is 0 Å². The van der Waals surface area contributed by atoms with Crippen molar-refractivity contribution in [2.45, 2.75) is 38.9 Å². The molecule has 122 valence electrons. The topological polar surface area (TPSA) is 52.7 Å². The SMILES string of the molecule is CC(C)NCCCN(C)S(=O)(=O)N(C)CCC(F)(F)F. The van der Waals surface area contributed by atoms with E-state index in [2.05, 4.69) is 5.32 Å². The van der Waals surface area contributed by atoms with Gasteiger partial charge in [-0.05, 0) is 13.0 Å². The molecule has 0 rings (SSSR count). The van der Waals surface area contributed by atoms with E-state index in [1.165, 1.54) is 7.05 Å². The van der Waals surface area contributed by atoms with Crippen LogP contribution in [-0.2, 0) is 10.2 Å². The Morgan fingerprint density at radius 1 is 1.10 bits per heavy atom. The van der Waals surface area contributed by atoms with Gasteiger partial charge >= 0.3 is 6.18 Å². The molecule has 0 fully saturated rings. The van der Waals surface area contributed by atoms with Crippen LogP contribution in [0.3, 0.4) is 0 Å². The van der Waals surface area contributed by atoms with E-state index in [4.69, 9.17) is 0 Å². The number of nitrogens with one attached hydrogen (secondary N) is 1. The van der Waals surface area contributed by atoms with Gasteiger partial charge in [-0.25, -0.2) is 0 Å². The van der Waals surface area contributed by atoms with Crippen molar-refractivity contribution in [3.63, 3.8) is 0 Å². The van der Waals surface area contributed by atoms with Gasteiger partial charge in [-0.1, -0.05) is 13.8 Å². The molecule has 0 amide bonds. The molecule has 0 saturated heterocycles. The standard InChI is InChI=1S/C11H24F3N3O2S/c1-10(2)15-7-5-8-16(3)20(18,19)17(4)9-6-11(12,13)14/h10,15H,5-9H2,1-4H3. The van der Waals surface area contributed by atoms with E-state index in [9.17, 15) is 21.6 Å². The second kappa shape index (κ2) is 8.16. The van der Waals surface area contributed by atoms with Crippen LogP contribution in [0.1, 0.15) is 26.7 Å². The van der Waals surface area contributed by atoms with Gasteiger partial charge in [-0.15, -0.1) is 0 Å². The van der Waals surface area contributed by atoms with Crippen molar-refractivity contribution in [1.29, 1.82) is 0 Å². The summed E-state index contributed by atoms with van der Waals surface area (Å²) in [5.41, 5.74) is 0. The van der Waals surface area contributed by atoms with Crippen molar-refractivity contribution in [3.05, 3.63) is 0 Å². The monoisotopic (exact) mass is 319 g/mol. The molecule has 20 heavy (non-hydrogen) atoms. The normalized spacial score (nSPS) is 13.7. The Hall–Kier alpha value is -0.380. The van der Waals surface area contributed by atoms with Gasteiger partial charge in [0, 0.05) is 33.2 Å². The number of alkyl halides is 3. The van der Waals surface area contributed by atoms with Crippen LogP contribution in [0.4, 0.5) is 13.2 Å². The molecule has 0 aliphatic heterocycles.